The maximum absolute atomic E-state index is 11.2. The molecular weight excluding hydrogens is 216 g/mol. The van der Waals surface area contributed by atoms with Gasteiger partial charge in [0.15, 0.2) is 0 Å². The zero-order valence-corrected chi connectivity index (χ0v) is 10.6. The lowest BCUT2D eigenvalue weighted by Gasteiger charge is -2.16. The first kappa shape index (κ1) is 13.6. The molecule has 0 aliphatic heterocycles. The van der Waals surface area contributed by atoms with Crippen molar-refractivity contribution in [3.63, 3.8) is 0 Å². The van der Waals surface area contributed by atoms with Gasteiger partial charge in [0.2, 0.25) is 0 Å². The van der Waals surface area contributed by atoms with Gasteiger partial charge in [-0.2, -0.15) is 0 Å². The number of hydrogen-bond donors (Lipinski definition) is 1. The number of ether oxygens (including phenoxy) is 1. The molecule has 0 amide bonds. The number of benzene rings is 1. The minimum absolute atomic E-state index is 0.0786. The van der Waals surface area contributed by atoms with E-state index in [1.165, 1.54) is 0 Å². The zero-order chi connectivity index (χ0) is 12.8. The predicted octanol–water partition coefficient (Wildman–Crippen LogP) is 3.30. The lowest BCUT2D eigenvalue weighted by Crippen LogP contribution is -2.17. The first-order valence-electron chi connectivity index (χ1n) is 6.01. The van der Waals surface area contributed by atoms with E-state index in [2.05, 4.69) is 0 Å². The SMILES string of the molecule is CCCOc1ccc(C(C(=O)O)C(C)C)cc1. The van der Waals surface area contributed by atoms with Crippen LogP contribution in [0.15, 0.2) is 24.3 Å². The average Bonchev–Trinajstić information content (AvgIpc) is 2.27. The average molecular weight is 236 g/mol. The van der Waals surface area contributed by atoms with Crippen molar-refractivity contribution in [1.29, 1.82) is 0 Å². The lowest BCUT2D eigenvalue weighted by molar-refractivity contribution is -0.139. The summed E-state index contributed by atoms with van der Waals surface area (Å²) in [4.78, 5) is 11.2. The molecule has 0 fully saturated rings. The zero-order valence-electron chi connectivity index (χ0n) is 10.6. The molecule has 17 heavy (non-hydrogen) atoms. The largest absolute Gasteiger partial charge is 0.494 e. The molecular formula is C14H20O3. The Morgan fingerprint density at radius 1 is 1.29 bits per heavy atom. The molecule has 1 aromatic carbocycles. The molecule has 1 rings (SSSR count). The minimum Gasteiger partial charge on any atom is -0.494 e. The van der Waals surface area contributed by atoms with Gasteiger partial charge in [0.25, 0.3) is 0 Å². The summed E-state index contributed by atoms with van der Waals surface area (Å²) in [5, 5.41) is 9.18. The lowest BCUT2D eigenvalue weighted by atomic mass is 9.88. The van der Waals surface area contributed by atoms with Crippen LogP contribution >= 0.6 is 0 Å². The number of carbonyl (C=O) groups is 1. The van der Waals surface area contributed by atoms with Gasteiger partial charge < -0.3 is 9.84 Å². The third-order valence-corrected chi connectivity index (χ3v) is 2.64. The van der Waals surface area contributed by atoms with E-state index >= 15 is 0 Å². The first-order valence-corrected chi connectivity index (χ1v) is 6.01. The third kappa shape index (κ3) is 3.77. The Labute approximate surface area is 102 Å². The maximum atomic E-state index is 11.2. The van der Waals surface area contributed by atoms with E-state index in [0.717, 1.165) is 17.7 Å². The van der Waals surface area contributed by atoms with Crippen LogP contribution in [0.1, 0.15) is 38.7 Å². The highest BCUT2D eigenvalue weighted by atomic mass is 16.5. The number of aliphatic carboxylic acids is 1. The molecule has 0 aromatic heterocycles. The van der Waals surface area contributed by atoms with Gasteiger partial charge in [-0.1, -0.05) is 32.9 Å². The van der Waals surface area contributed by atoms with Gasteiger partial charge in [-0.05, 0) is 30.0 Å². The number of hydrogen-bond acceptors (Lipinski definition) is 2. The first-order chi connectivity index (χ1) is 8.06. The second-order valence-corrected chi connectivity index (χ2v) is 4.48. The summed E-state index contributed by atoms with van der Waals surface area (Å²) < 4.78 is 5.46. The molecule has 0 saturated carbocycles. The molecule has 1 N–H and O–H groups in total. The van der Waals surface area contributed by atoms with E-state index in [4.69, 9.17) is 4.74 Å². The van der Waals surface area contributed by atoms with E-state index < -0.39 is 11.9 Å². The van der Waals surface area contributed by atoms with Gasteiger partial charge in [0.05, 0.1) is 12.5 Å². The van der Waals surface area contributed by atoms with Gasteiger partial charge in [-0.15, -0.1) is 0 Å². The van der Waals surface area contributed by atoms with Crippen molar-refractivity contribution >= 4 is 5.97 Å². The Balaban J connectivity index is 2.81. The van der Waals surface area contributed by atoms with Crippen LogP contribution in [-0.4, -0.2) is 17.7 Å². The van der Waals surface area contributed by atoms with Crippen LogP contribution < -0.4 is 4.74 Å². The highest BCUT2D eigenvalue weighted by Gasteiger charge is 2.23. The molecule has 0 spiro atoms. The minimum atomic E-state index is -0.776. The number of rotatable bonds is 6. The van der Waals surface area contributed by atoms with Gasteiger partial charge in [-0.25, -0.2) is 0 Å². The standard InChI is InChI=1S/C14H20O3/c1-4-9-17-12-7-5-11(6-8-12)13(10(2)3)14(15)16/h5-8,10,13H,4,9H2,1-3H3,(H,15,16). The number of carboxylic acids is 1. The summed E-state index contributed by atoms with van der Waals surface area (Å²) in [6, 6.07) is 7.35. The summed E-state index contributed by atoms with van der Waals surface area (Å²) in [6.45, 7) is 6.57. The maximum Gasteiger partial charge on any atom is 0.311 e. The Morgan fingerprint density at radius 3 is 2.29 bits per heavy atom. The van der Waals surface area contributed by atoms with Crippen LogP contribution in [0, 0.1) is 5.92 Å². The Morgan fingerprint density at radius 2 is 1.88 bits per heavy atom. The van der Waals surface area contributed by atoms with Crippen molar-refractivity contribution in [3.8, 4) is 5.75 Å². The molecule has 0 heterocycles. The van der Waals surface area contributed by atoms with Gasteiger partial charge in [0, 0.05) is 0 Å². The fourth-order valence-corrected chi connectivity index (χ4v) is 1.80. The van der Waals surface area contributed by atoms with Gasteiger partial charge >= 0.3 is 5.97 Å². The van der Waals surface area contributed by atoms with E-state index in [-0.39, 0.29) is 5.92 Å². The smallest absolute Gasteiger partial charge is 0.311 e. The molecule has 1 aromatic rings. The summed E-state index contributed by atoms with van der Waals surface area (Å²) >= 11 is 0. The van der Waals surface area contributed by atoms with E-state index in [1.807, 2.05) is 45.0 Å². The molecule has 3 nitrogen and oxygen atoms in total. The van der Waals surface area contributed by atoms with Crippen LogP contribution in [0.3, 0.4) is 0 Å². The molecule has 0 radical (unpaired) electrons. The van der Waals surface area contributed by atoms with Crippen LogP contribution in [0.4, 0.5) is 0 Å². The molecule has 0 aliphatic rings. The molecule has 3 heteroatoms. The molecule has 0 saturated heterocycles. The van der Waals surface area contributed by atoms with E-state index in [9.17, 15) is 9.90 Å². The van der Waals surface area contributed by atoms with Crippen LogP contribution in [-0.2, 0) is 4.79 Å². The normalized spacial score (nSPS) is 12.5. The van der Waals surface area contributed by atoms with Crippen LogP contribution in [0.25, 0.3) is 0 Å². The Kier molecular flexibility index (Phi) is 5.01. The van der Waals surface area contributed by atoms with Crippen molar-refractivity contribution < 1.29 is 14.6 Å². The molecule has 1 unspecified atom stereocenters. The third-order valence-electron chi connectivity index (χ3n) is 2.64. The number of carboxylic acid groups (broad SMARTS) is 1. The van der Waals surface area contributed by atoms with Gasteiger partial charge in [-0.3, -0.25) is 4.79 Å². The highest BCUT2D eigenvalue weighted by molar-refractivity contribution is 5.76. The quantitative estimate of drug-likeness (QED) is 0.824. The fourth-order valence-electron chi connectivity index (χ4n) is 1.80. The van der Waals surface area contributed by atoms with Crippen molar-refractivity contribution in [2.45, 2.75) is 33.1 Å². The second kappa shape index (κ2) is 6.28. The van der Waals surface area contributed by atoms with Crippen LogP contribution in [0.5, 0.6) is 5.75 Å². The van der Waals surface area contributed by atoms with E-state index in [1.54, 1.807) is 0 Å². The molecule has 94 valence electrons. The summed E-state index contributed by atoms with van der Waals surface area (Å²) in [5.74, 6) is -0.351. The fraction of sp³-hybridized carbons (Fsp3) is 0.500. The monoisotopic (exact) mass is 236 g/mol. The summed E-state index contributed by atoms with van der Waals surface area (Å²) in [5.41, 5.74) is 0.830. The molecule has 0 bridgehead atoms. The summed E-state index contributed by atoms with van der Waals surface area (Å²) in [6.07, 6.45) is 0.964. The van der Waals surface area contributed by atoms with Crippen molar-refractivity contribution in [2.24, 2.45) is 5.92 Å². The van der Waals surface area contributed by atoms with E-state index in [0.29, 0.717) is 6.61 Å². The Bertz CT molecular complexity index is 354. The summed E-state index contributed by atoms with van der Waals surface area (Å²) in [7, 11) is 0. The van der Waals surface area contributed by atoms with Gasteiger partial charge in [0.1, 0.15) is 5.75 Å². The van der Waals surface area contributed by atoms with Crippen molar-refractivity contribution in [1.82, 2.24) is 0 Å². The Hall–Kier alpha value is -1.51. The molecule has 0 aliphatic carbocycles. The second-order valence-electron chi connectivity index (χ2n) is 4.48. The topological polar surface area (TPSA) is 46.5 Å². The van der Waals surface area contributed by atoms with Crippen LogP contribution in [0.2, 0.25) is 0 Å². The molecule has 1 atom stereocenters. The van der Waals surface area contributed by atoms with Crippen molar-refractivity contribution in [3.05, 3.63) is 29.8 Å². The predicted molar refractivity (Wildman–Crippen MR) is 67.4 cm³/mol. The van der Waals surface area contributed by atoms with Crippen molar-refractivity contribution in [2.75, 3.05) is 6.61 Å². The highest BCUT2D eigenvalue weighted by Crippen LogP contribution is 2.26.